The van der Waals surface area contributed by atoms with Gasteiger partial charge in [0.15, 0.2) is 0 Å². The highest BCUT2D eigenvalue weighted by molar-refractivity contribution is 5.47. The first-order valence-electron chi connectivity index (χ1n) is 8.34. The van der Waals surface area contributed by atoms with E-state index in [4.69, 9.17) is 11.5 Å². The summed E-state index contributed by atoms with van der Waals surface area (Å²) < 4.78 is 0. The van der Waals surface area contributed by atoms with Crippen molar-refractivity contribution in [2.45, 2.75) is 18.4 Å². The Morgan fingerprint density at radius 1 is 0.708 bits per heavy atom. The van der Waals surface area contributed by atoms with Crippen LogP contribution in [0.1, 0.15) is 11.1 Å². The fourth-order valence-corrected chi connectivity index (χ4v) is 2.84. The lowest BCUT2D eigenvalue weighted by Gasteiger charge is -2.29. The first kappa shape index (κ1) is 18.3. The maximum absolute atomic E-state index is 6.61. The lowest BCUT2D eigenvalue weighted by Crippen LogP contribution is -2.50. The third-order valence-corrected chi connectivity index (χ3v) is 4.42. The minimum absolute atomic E-state index is 0.431. The van der Waals surface area contributed by atoms with Crippen molar-refractivity contribution in [1.82, 2.24) is 0 Å². The van der Waals surface area contributed by atoms with Crippen LogP contribution in [0, 0.1) is 0 Å². The average Bonchev–Trinajstić information content (AvgIpc) is 2.55. The van der Waals surface area contributed by atoms with Gasteiger partial charge >= 0.3 is 0 Å². The Hall–Kier alpha value is -2.04. The molecule has 4 N–H and O–H groups in total. The molecule has 0 saturated heterocycles. The first-order chi connectivity index (χ1) is 11.3. The van der Waals surface area contributed by atoms with Crippen molar-refractivity contribution >= 4 is 11.4 Å². The van der Waals surface area contributed by atoms with Gasteiger partial charge in [-0.25, -0.2) is 0 Å². The molecule has 4 nitrogen and oxygen atoms in total. The second-order valence-electron chi connectivity index (χ2n) is 7.04. The Morgan fingerprint density at radius 3 is 1.29 bits per heavy atom. The van der Waals surface area contributed by atoms with Gasteiger partial charge in [0.05, 0.1) is 0 Å². The second-order valence-corrected chi connectivity index (χ2v) is 7.04. The van der Waals surface area contributed by atoms with Gasteiger partial charge in [0.25, 0.3) is 0 Å². The molecule has 0 saturated carbocycles. The molecule has 0 spiro atoms. The summed E-state index contributed by atoms with van der Waals surface area (Å²) in [6, 6.07) is 17.1. The number of nitrogens with two attached hydrogens (primary N) is 2. The van der Waals surface area contributed by atoms with Gasteiger partial charge in [-0.15, -0.1) is 0 Å². The van der Waals surface area contributed by atoms with Crippen LogP contribution in [0.25, 0.3) is 0 Å². The molecule has 0 unspecified atom stereocenters. The summed E-state index contributed by atoms with van der Waals surface area (Å²) in [5, 5.41) is 0. The molecule has 0 fully saturated rings. The Labute approximate surface area is 146 Å². The van der Waals surface area contributed by atoms with Crippen LogP contribution in [-0.4, -0.2) is 40.3 Å². The fraction of sp³-hybridized carbons (Fsp3) is 0.400. The molecule has 2 aromatic rings. The van der Waals surface area contributed by atoms with Crippen LogP contribution in [-0.2, 0) is 12.8 Å². The lowest BCUT2D eigenvalue weighted by atomic mass is 9.85. The van der Waals surface area contributed by atoms with Gasteiger partial charge in [0.2, 0.25) is 0 Å². The standard InChI is InChI=1S/C20H30N4/c1-23(2)18-9-5-16(6-10-18)13-20(22,15-21)14-17-7-11-19(12-8-17)24(3)4/h5-12H,13-15,21-22H2,1-4H3. The number of hydrogen-bond acceptors (Lipinski definition) is 4. The van der Waals surface area contributed by atoms with Crippen molar-refractivity contribution in [2.24, 2.45) is 11.5 Å². The maximum atomic E-state index is 6.61. The zero-order valence-electron chi connectivity index (χ0n) is 15.3. The van der Waals surface area contributed by atoms with E-state index in [1.807, 2.05) is 28.2 Å². The molecule has 0 aromatic heterocycles. The molecule has 0 aliphatic carbocycles. The third kappa shape index (κ3) is 4.73. The molecule has 0 atom stereocenters. The molecule has 130 valence electrons. The number of rotatable bonds is 7. The van der Waals surface area contributed by atoms with E-state index in [0.717, 1.165) is 12.8 Å². The summed E-state index contributed by atoms with van der Waals surface area (Å²) in [4.78, 5) is 4.18. The molecular weight excluding hydrogens is 296 g/mol. The Kier molecular flexibility index (Phi) is 5.86. The van der Waals surface area contributed by atoms with Crippen LogP contribution in [0.3, 0.4) is 0 Å². The van der Waals surface area contributed by atoms with Gasteiger partial charge in [-0.3, -0.25) is 0 Å². The summed E-state index contributed by atoms with van der Waals surface area (Å²) in [6.07, 6.45) is 1.54. The van der Waals surface area contributed by atoms with Gasteiger partial charge in [-0.1, -0.05) is 24.3 Å². The molecule has 24 heavy (non-hydrogen) atoms. The molecule has 2 aromatic carbocycles. The van der Waals surface area contributed by atoms with E-state index in [2.05, 4.69) is 58.3 Å². The Morgan fingerprint density at radius 2 is 1.04 bits per heavy atom. The van der Waals surface area contributed by atoms with Crippen molar-refractivity contribution in [2.75, 3.05) is 44.5 Å². The highest BCUT2D eigenvalue weighted by atomic mass is 15.1. The van der Waals surface area contributed by atoms with Crippen LogP contribution in [0.2, 0.25) is 0 Å². The predicted molar refractivity (Wildman–Crippen MR) is 105 cm³/mol. The number of benzene rings is 2. The Balaban J connectivity index is 2.09. The summed E-state index contributed by atoms with van der Waals surface area (Å²) in [5.41, 5.74) is 17.0. The van der Waals surface area contributed by atoms with Crippen molar-refractivity contribution in [3.8, 4) is 0 Å². The summed E-state index contributed by atoms with van der Waals surface area (Å²) in [7, 11) is 8.16. The smallest absolute Gasteiger partial charge is 0.0361 e. The van der Waals surface area contributed by atoms with E-state index in [-0.39, 0.29) is 0 Å². The van der Waals surface area contributed by atoms with E-state index in [1.165, 1.54) is 22.5 Å². The molecule has 0 bridgehead atoms. The van der Waals surface area contributed by atoms with Crippen molar-refractivity contribution in [1.29, 1.82) is 0 Å². The van der Waals surface area contributed by atoms with Crippen molar-refractivity contribution < 1.29 is 0 Å². The molecule has 0 aliphatic heterocycles. The average molecular weight is 326 g/mol. The highest BCUT2D eigenvalue weighted by Crippen LogP contribution is 2.20. The SMILES string of the molecule is CN(C)c1ccc(CC(N)(CN)Cc2ccc(N(C)C)cc2)cc1. The van der Waals surface area contributed by atoms with E-state index in [9.17, 15) is 0 Å². The highest BCUT2D eigenvalue weighted by Gasteiger charge is 2.24. The normalized spacial score (nSPS) is 11.4. The van der Waals surface area contributed by atoms with Gasteiger partial charge in [-0.05, 0) is 48.2 Å². The van der Waals surface area contributed by atoms with E-state index >= 15 is 0 Å². The Bertz CT molecular complexity index is 576. The van der Waals surface area contributed by atoms with E-state index < -0.39 is 5.54 Å². The molecule has 4 heteroatoms. The van der Waals surface area contributed by atoms with E-state index in [0.29, 0.717) is 6.54 Å². The molecule has 2 rings (SSSR count). The summed E-state index contributed by atoms with van der Waals surface area (Å²) in [6.45, 7) is 0.456. The minimum Gasteiger partial charge on any atom is -0.378 e. The molecule has 0 radical (unpaired) electrons. The largest absolute Gasteiger partial charge is 0.378 e. The fourth-order valence-electron chi connectivity index (χ4n) is 2.84. The third-order valence-electron chi connectivity index (χ3n) is 4.42. The predicted octanol–water partition coefficient (Wildman–Crippen LogP) is 2.26. The van der Waals surface area contributed by atoms with Crippen LogP contribution in [0.5, 0.6) is 0 Å². The lowest BCUT2D eigenvalue weighted by molar-refractivity contribution is 0.429. The number of hydrogen-bond donors (Lipinski definition) is 2. The molecular formula is C20H30N4. The van der Waals surface area contributed by atoms with Gasteiger partial charge in [0.1, 0.15) is 0 Å². The van der Waals surface area contributed by atoms with Gasteiger partial charge < -0.3 is 21.3 Å². The summed E-state index contributed by atoms with van der Waals surface area (Å²) >= 11 is 0. The van der Waals surface area contributed by atoms with Crippen LogP contribution >= 0.6 is 0 Å². The van der Waals surface area contributed by atoms with Crippen LogP contribution < -0.4 is 21.3 Å². The van der Waals surface area contributed by atoms with Crippen molar-refractivity contribution in [3.63, 3.8) is 0 Å². The topological polar surface area (TPSA) is 58.5 Å². The maximum Gasteiger partial charge on any atom is 0.0361 e. The second kappa shape index (κ2) is 7.69. The monoisotopic (exact) mass is 326 g/mol. The zero-order valence-corrected chi connectivity index (χ0v) is 15.3. The minimum atomic E-state index is -0.431. The van der Waals surface area contributed by atoms with Crippen LogP contribution in [0.15, 0.2) is 48.5 Å². The van der Waals surface area contributed by atoms with Crippen LogP contribution in [0.4, 0.5) is 11.4 Å². The molecule has 0 heterocycles. The zero-order chi connectivity index (χ0) is 17.7. The quantitative estimate of drug-likeness (QED) is 0.819. The summed E-state index contributed by atoms with van der Waals surface area (Å²) in [5.74, 6) is 0. The van der Waals surface area contributed by atoms with Crippen molar-refractivity contribution in [3.05, 3.63) is 59.7 Å². The molecule has 0 aliphatic rings. The van der Waals surface area contributed by atoms with Gasteiger partial charge in [0, 0.05) is 51.6 Å². The number of nitrogens with zero attached hydrogens (tertiary/aromatic N) is 2. The van der Waals surface area contributed by atoms with E-state index in [1.54, 1.807) is 0 Å². The first-order valence-corrected chi connectivity index (χ1v) is 8.34. The van der Waals surface area contributed by atoms with Gasteiger partial charge in [-0.2, -0.15) is 0 Å². The number of anilines is 2. The molecule has 0 amide bonds.